The summed E-state index contributed by atoms with van der Waals surface area (Å²) < 4.78 is 11.0. The third-order valence-electron chi connectivity index (χ3n) is 6.49. The Morgan fingerprint density at radius 2 is 1.97 bits per heavy atom. The average molecular weight is 474 g/mol. The van der Waals surface area contributed by atoms with Crippen molar-refractivity contribution in [1.82, 2.24) is 20.5 Å². The van der Waals surface area contributed by atoms with Crippen LogP contribution in [0, 0.1) is 5.41 Å². The van der Waals surface area contributed by atoms with E-state index in [1.165, 1.54) is 4.90 Å². The molecule has 2 saturated carbocycles. The maximum Gasteiger partial charge on any atom is 0.407 e. The number of nitrogens with two attached hydrogens (primary N) is 1. The Labute approximate surface area is 197 Å². The molecule has 1 saturated heterocycles. The van der Waals surface area contributed by atoms with Crippen LogP contribution in [0.15, 0.2) is 18.3 Å². The highest BCUT2D eigenvalue weighted by molar-refractivity contribution is 6.04. The van der Waals surface area contributed by atoms with Gasteiger partial charge in [-0.25, -0.2) is 14.6 Å². The molecule has 3 fully saturated rings. The Morgan fingerprint density at radius 3 is 2.62 bits per heavy atom. The van der Waals surface area contributed by atoms with Crippen LogP contribution in [0.25, 0.3) is 0 Å². The lowest BCUT2D eigenvalue weighted by molar-refractivity contribution is -0.140. The van der Waals surface area contributed by atoms with E-state index in [0.29, 0.717) is 6.42 Å². The first-order valence-corrected chi connectivity index (χ1v) is 11.5. The molecule has 3 aliphatic rings. The summed E-state index contributed by atoms with van der Waals surface area (Å²) >= 11 is 0. The molecule has 1 aromatic rings. The molecule has 2 aliphatic carbocycles. The van der Waals surface area contributed by atoms with Gasteiger partial charge in [0.25, 0.3) is 11.8 Å². The van der Waals surface area contributed by atoms with Gasteiger partial charge in [0.2, 0.25) is 5.88 Å². The minimum Gasteiger partial charge on any atom is -0.474 e. The summed E-state index contributed by atoms with van der Waals surface area (Å²) in [7, 11) is 0. The van der Waals surface area contributed by atoms with E-state index in [0.717, 1.165) is 25.7 Å². The number of amides is 5. The third kappa shape index (κ3) is 4.92. The van der Waals surface area contributed by atoms with Crippen molar-refractivity contribution in [3.05, 3.63) is 23.9 Å². The van der Waals surface area contributed by atoms with Gasteiger partial charge >= 0.3 is 12.1 Å². The van der Waals surface area contributed by atoms with Crippen molar-refractivity contribution in [3.63, 3.8) is 0 Å². The maximum atomic E-state index is 12.8. The quantitative estimate of drug-likeness (QED) is 0.510. The maximum absolute atomic E-state index is 12.8. The molecule has 2 heterocycles. The summed E-state index contributed by atoms with van der Waals surface area (Å²) in [6.45, 7) is 5.52. The highest BCUT2D eigenvalue weighted by atomic mass is 16.6. The molecular formula is C23H31N5O6. The van der Waals surface area contributed by atoms with Crippen LogP contribution in [0.5, 0.6) is 5.88 Å². The zero-order valence-corrected chi connectivity index (χ0v) is 19.6. The minimum absolute atomic E-state index is 0.0356. The van der Waals surface area contributed by atoms with Gasteiger partial charge in [0, 0.05) is 18.8 Å². The zero-order valence-electron chi connectivity index (χ0n) is 19.6. The van der Waals surface area contributed by atoms with Crippen LogP contribution in [0.1, 0.15) is 63.2 Å². The Bertz CT molecular complexity index is 992. The van der Waals surface area contributed by atoms with Gasteiger partial charge in [-0.15, -0.1) is 0 Å². The Hall–Kier alpha value is -3.37. The number of ether oxygens (including phenoxy) is 2. The van der Waals surface area contributed by atoms with Gasteiger partial charge < -0.3 is 25.8 Å². The summed E-state index contributed by atoms with van der Waals surface area (Å²) in [5.74, 6) is -0.611. The predicted octanol–water partition coefficient (Wildman–Crippen LogP) is 1.71. The summed E-state index contributed by atoms with van der Waals surface area (Å²) in [4.78, 5) is 54.0. The molecule has 184 valence electrons. The number of pyridine rings is 1. The summed E-state index contributed by atoms with van der Waals surface area (Å²) in [5.41, 5.74) is 5.06. The number of hydrogen-bond donors (Lipinski definition) is 3. The van der Waals surface area contributed by atoms with Gasteiger partial charge in [-0.3, -0.25) is 14.5 Å². The predicted molar refractivity (Wildman–Crippen MR) is 120 cm³/mol. The molecule has 5 amide bonds. The van der Waals surface area contributed by atoms with Gasteiger partial charge in [0.05, 0.1) is 0 Å². The summed E-state index contributed by atoms with van der Waals surface area (Å²) in [6, 6.07) is 2.01. The van der Waals surface area contributed by atoms with E-state index < -0.39 is 23.6 Å². The second kappa shape index (κ2) is 8.77. The number of nitrogens with zero attached hydrogens (tertiary/aromatic N) is 2. The van der Waals surface area contributed by atoms with Crippen molar-refractivity contribution in [2.24, 2.45) is 11.1 Å². The minimum atomic E-state index is -0.659. The molecule has 1 atom stereocenters. The van der Waals surface area contributed by atoms with Crippen LogP contribution in [-0.4, -0.2) is 64.2 Å². The molecule has 11 nitrogen and oxygen atoms in total. The molecule has 4 rings (SSSR count). The van der Waals surface area contributed by atoms with Gasteiger partial charge in [0.15, 0.2) is 0 Å². The molecule has 1 aromatic heterocycles. The van der Waals surface area contributed by atoms with Crippen molar-refractivity contribution in [1.29, 1.82) is 0 Å². The van der Waals surface area contributed by atoms with E-state index in [1.807, 2.05) is 0 Å². The van der Waals surface area contributed by atoms with Crippen molar-refractivity contribution in [3.8, 4) is 5.88 Å². The number of aromatic nitrogens is 1. The Balaban J connectivity index is 1.22. The van der Waals surface area contributed by atoms with Crippen LogP contribution in [0.4, 0.5) is 9.59 Å². The number of carbonyl (C=O) groups excluding carboxylic acids is 4. The number of imide groups is 1. The lowest BCUT2D eigenvalue weighted by Crippen LogP contribution is -2.60. The normalized spacial score (nSPS) is 28.1. The van der Waals surface area contributed by atoms with Crippen LogP contribution < -0.4 is 21.1 Å². The van der Waals surface area contributed by atoms with Crippen molar-refractivity contribution >= 4 is 23.9 Å². The van der Waals surface area contributed by atoms with E-state index in [-0.39, 0.29) is 47.5 Å². The Morgan fingerprint density at radius 1 is 1.26 bits per heavy atom. The fourth-order valence-corrected chi connectivity index (χ4v) is 5.00. The molecule has 0 aromatic carbocycles. The van der Waals surface area contributed by atoms with E-state index in [4.69, 9.17) is 15.2 Å². The van der Waals surface area contributed by atoms with Crippen molar-refractivity contribution in [2.75, 3.05) is 6.54 Å². The van der Waals surface area contributed by atoms with Gasteiger partial charge in [-0.1, -0.05) is 0 Å². The monoisotopic (exact) mass is 473 g/mol. The first-order valence-electron chi connectivity index (χ1n) is 11.5. The molecular weight excluding hydrogens is 442 g/mol. The fraction of sp³-hybridized carbons (Fsp3) is 0.609. The Kier molecular flexibility index (Phi) is 6.13. The SMILES string of the molecule is CC(C)(C)OC(=O)NCCC1NC(=O)N(C2CC3(CC(Oc4ncccc4C(N)=O)C3)C2)C1=O. The van der Waals surface area contributed by atoms with E-state index in [1.54, 1.807) is 39.1 Å². The van der Waals surface area contributed by atoms with Gasteiger partial charge in [-0.05, 0) is 70.4 Å². The molecule has 1 aliphatic heterocycles. The molecule has 0 radical (unpaired) electrons. The largest absolute Gasteiger partial charge is 0.474 e. The number of primary amides is 1. The highest BCUT2D eigenvalue weighted by Gasteiger charge is 2.58. The molecule has 34 heavy (non-hydrogen) atoms. The lowest BCUT2D eigenvalue weighted by atomic mass is 9.52. The second-order valence-electron chi connectivity index (χ2n) is 10.4. The summed E-state index contributed by atoms with van der Waals surface area (Å²) in [6.07, 6.45) is 4.18. The summed E-state index contributed by atoms with van der Waals surface area (Å²) in [5, 5.41) is 5.32. The standard InChI is InChI=1S/C23H31N5O6/c1-22(2,3)34-21(32)26-8-6-16-19(30)28(20(31)27-16)13-9-23(10-13)11-14(12-23)33-18-15(17(24)29)5-4-7-25-18/h4-5,7,13-14,16H,6,8-12H2,1-3H3,(H2,24,29)(H,26,32)(H,27,31). The lowest BCUT2D eigenvalue weighted by Gasteiger charge is -2.58. The average Bonchev–Trinajstić information content (AvgIpc) is 2.95. The molecule has 0 bridgehead atoms. The van der Waals surface area contributed by atoms with E-state index in [9.17, 15) is 19.2 Å². The van der Waals surface area contributed by atoms with Crippen LogP contribution >= 0.6 is 0 Å². The van der Waals surface area contributed by atoms with Crippen LogP contribution in [-0.2, 0) is 9.53 Å². The van der Waals surface area contributed by atoms with Crippen LogP contribution in [0.2, 0.25) is 0 Å². The first kappa shape index (κ1) is 23.8. The fourth-order valence-electron chi connectivity index (χ4n) is 5.00. The number of urea groups is 1. The number of carbonyl (C=O) groups is 4. The smallest absolute Gasteiger partial charge is 0.407 e. The third-order valence-corrected chi connectivity index (χ3v) is 6.49. The van der Waals surface area contributed by atoms with E-state index >= 15 is 0 Å². The van der Waals surface area contributed by atoms with Crippen molar-refractivity contribution in [2.45, 2.75) is 76.7 Å². The molecule has 1 spiro atoms. The first-order chi connectivity index (χ1) is 16.0. The van der Waals surface area contributed by atoms with Crippen LogP contribution in [0.3, 0.4) is 0 Å². The zero-order chi connectivity index (χ0) is 24.7. The number of alkyl carbamates (subject to hydrolysis) is 1. The second-order valence-corrected chi connectivity index (χ2v) is 10.4. The van der Waals surface area contributed by atoms with Crippen molar-refractivity contribution < 1.29 is 28.7 Å². The topological polar surface area (TPSA) is 153 Å². The molecule has 1 unspecified atom stereocenters. The number of nitrogens with one attached hydrogen (secondary N) is 2. The van der Waals surface area contributed by atoms with E-state index in [2.05, 4.69) is 15.6 Å². The molecule has 4 N–H and O–H groups in total. The van der Waals surface area contributed by atoms with Gasteiger partial charge in [-0.2, -0.15) is 0 Å². The number of rotatable bonds is 7. The number of hydrogen-bond acceptors (Lipinski definition) is 7. The molecule has 11 heteroatoms. The highest BCUT2D eigenvalue weighted by Crippen LogP contribution is 2.58. The van der Waals surface area contributed by atoms with Gasteiger partial charge in [0.1, 0.15) is 23.3 Å².